The minimum Gasteiger partial charge on any atom is -0.435 e. The van der Waals surface area contributed by atoms with Crippen LogP contribution in [0.15, 0.2) is 24.3 Å². The van der Waals surface area contributed by atoms with Crippen molar-refractivity contribution >= 4 is 11.7 Å². The van der Waals surface area contributed by atoms with Gasteiger partial charge in [-0.15, -0.1) is 0 Å². The summed E-state index contributed by atoms with van der Waals surface area (Å²) in [7, 11) is 2.09. The summed E-state index contributed by atoms with van der Waals surface area (Å²) in [5.74, 6) is 1.59. The fourth-order valence-electron chi connectivity index (χ4n) is 5.24. The minimum absolute atomic E-state index is 0.0763. The van der Waals surface area contributed by atoms with Crippen molar-refractivity contribution in [2.45, 2.75) is 58.3 Å². The number of carbonyl (C=O) groups excluding carboxylic acids is 1. The molecule has 4 nitrogen and oxygen atoms in total. The van der Waals surface area contributed by atoms with Gasteiger partial charge in [0, 0.05) is 19.3 Å². The predicted molar refractivity (Wildman–Crippen MR) is 102 cm³/mol. The Morgan fingerprint density at radius 3 is 2.77 bits per heavy atom. The summed E-state index contributed by atoms with van der Waals surface area (Å²) in [5, 5.41) is 0. The van der Waals surface area contributed by atoms with Crippen molar-refractivity contribution in [3.8, 4) is 0 Å². The second kappa shape index (κ2) is 6.88. The number of fused-ring (bicyclic) bond motifs is 3. The molecule has 0 amide bonds. The zero-order valence-corrected chi connectivity index (χ0v) is 16.4. The molecule has 142 valence electrons. The highest BCUT2D eigenvalue weighted by Gasteiger charge is 2.51. The van der Waals surface area contributed by atoms with Crippen LogP contribution in [0.1, 0.15) is 51.5 Å². The van der Waals surface area contributed by atoms with Gasteiger partial charge in [0.2, 0.25) is 6.29 Å². The lowest BCUT2D eigenvalue weighted by atomic mass is 9.75. The molecule has 2 fully saturated rings. The fraction of sp³-hybridized carbons (Fsp3) is 0.682. The first-order valence-corrected chi connectivity index (χ1v) is 10.1. The average molecular weight is 357 g/mol. The van der Waals surface area contributed by atoms with Crippen molar-refractivity contribution in [3.63, 3.8) is 0 Å². The molecule has 6 atom stereocenters. The van der Waals surface area contributed by atoms with Gasteiger partial charge in [0.15, 0.2) is 0 Å². The number of hydrogen-bond donors (Lipinski definition) is 0. The quantitative estimate of drug-likeness (QED) is 0.760. The van der Waals surface area contributed by atoms with Crippen molar-refractivity contribution in [3.05, 3.63) is 29.8 Å². The highest BCUT2D eigenvalue weighted by molar-refractivity contribution is 5.84. The third-order valence-corrected chi connectivity index (χ3v) is 6.70. The van der Waals surface area contributed by atoms with E-state index in [2.05, 4.69) is 44.9 Å². The monoisotopic (exact) mass is 357 g/mol. The van der Waals surface area contributed by atoms with Gasteiger partial charge in [-0.1, -0.05) is 45.4 Å². The Labute approximate surface area is 156 Å². The summed E-state index contributed by atoms with van der Waals surface area (Å²) in [4.78, 5) is 14.9. The number of cyclic esters (lactones) is 1. The Kier molecular flexibility index (Phi) is 4.72. The van der Waals surface area contributed by atoms with Crippen LogP contribution in [0.3, 0.4) is 0 Å². The number of ether oxygens (including phenoxy) is 2. The Balaban J connectivity index is 1.57. The molecule has 1 aromatic carbocycles. The molecule has 2 heterocycles. The molecular weight excluding hydrogens is 326 g/mol. The summed E-state index contributed by atoms with van der Waals surface area (Å²) < 4.78 is 12.3. The molecular formula is C22H31NO3. The van der Waals surface area contributed by atoms with Crippen molar-refractivity contribution < 1.29 is 14.3 Å². The van der Waals surface area contributed by atoms with Gasteiger partial charge in [0.1, 0.15) is 0 Å². The molecule has 26 heavy (non-hydrogen) atoms. The van der Waals surface area contributed by atoms with Crippen LogP contribution in [0, 0.1) is 23.7 Å². The molecule has 0 unspecified atom stereocenters. The van der Waals surface area contributed by atoms with E-state index in [-0.39, 0.29) is 23.9 Å². The van der Waals surface area contributed by atoms with Crippen LogP contribution in [-0.4, -0.2) is 32.0 Å². The van der Waals surface area contributed by atoms with E-state index < -0.39 is 6.29 Å². The molecule has 1 aliphatic carbocycles. The first-order chi connectivity index (χ1) is 12.5. The number of anilines is 1. The Morgan fingerprint density at radius 2 is 2.00 bits per heavy atom. The number of carbonyl (C=O) groups is 1. The molecule has 4 rings (SSSR count). The molecule has 0 spiro atoms. The van der Waals surface area contributed by atoms with Gasteiger partial charge in [-0.05, 0) is 42.2 Å². The van der Waals surface area contributed by atoms with Gasteiger partial charge in [0.05, 0.1) is 17.9 Å². The number of esters is 1. The predicted octanol–water partition coefficient (Wildman–Crippen LogP) is 4.20. The summed E-state index contributed by atoms with van der Waals surface area (Å²) in [5.41, 5.74) is 2.22. The normalized spacial score (nSPS) is 36.7. The van der Waals surface area contributed by atoms with Crippen LogP contribution >= 0.6 is 0 Å². The maximum Gasteiger partial charge on any atom is 0.316 e. The van der Waals surface area contributed by atoms with E-state index in [0.717, 1.165) is 24.2 Å². The molecule has 2 aliphatic heterocycles. The first-order valence-electron chi connectivity index (χ1n) is 10.1. The highest BCUT2D eigenvalue weighted by Crippen LogP contribution is 2.46. The molecule has 0 bridgehead atoms. The molecule has 0 aromatic heterocycles. The van der Waals surface area contributed by atoms with E-state index in [1.54, 1.807) is 0 Å². The zero-order chi connectivity index (χ0) is 18.4. The van der Waals surface area contributed by atoms with E-state index >= 15 is 0 Å². The van der Waals surface area contributed by atoms with Crippen LogP contribution in [0.25, 0.3) is 0 Å². The van der Waals surface area contributed by atoms with Crippen LogP contribution in [0.4, 0.5) is 5.69 Å². The van der Waals surface area contributed by atoms with Crippen LogP contribution in [-0.2, 0) is 14.3 Å². The standard InChI is InChI=1S/C22H31NO3/c1-13(2)15-10-9-14(3)11-19(15)25-22-17-12-23(4)18-8-6-5-7-16(18)20(17)21(24)26-22/h5-8,13-15,17,19-20,22H,9-12H2,1-4H3/t14-,15+,17+,19-,20-,22+/m1/s1. The molecule has 4 heteroatoms. The van der Waals surface area contributed by atoms with Crippen LogP contribution in [0.2, 0.25) is 0 Å². The molecule has 1 saturated carbocycles. The highest BCUT2D eigenvalue weighted by atomic mass is 16.7. The van der Waals surface area contributed by atoms with Gasteiger partial charge < -0.3 is 14.4 Å². The smallest absolute Gasteiger partial charge is 0.316 e. The lowest BCUT2D eigenvalue weighted by Crippen LogP contribution is -2.43. The Bertz CT molecular complexity index is 673. The van der Waals surface area contributed by atoms with Gasteiger partial charge in [-0.3, -0.25) is 4.79 Å². The van der Waals surface area contributed by atoms with Gasteiger partial charge in [-0.25, -0.2) is 0 Å². The maximum atomic E-state index is 12.7. The molecule has 0 N–H and O–H groups in total. The number of benzene rings is 1. The SMILES string of the molecule is CC(C)[C@@H]1CC[C@@H](C)C[C@H]1O[C@H]1OC(=O)[C@@H]2c3ccccc3N(C)C[C@H]12. The molecule has 0 radical (unpaired) electrons. The summed E-state index contributed by atoms with van der Waals surface area (Å²) in [6.07, 6.45) is 3.33. The van der Waals surface area contributed by atoms with E-state index in [1.165, 1.54) is 12.8 Å². The molecule has 1 aromatic rings. The van der Waals surface area contributed by atoms with Crippen molar-refractivity contribution in [1.29, 1.82) is 0 Å². The van der Waals surface area contributed by atoms with E-state index in [1.807, 2.05) is 12.1 Å². The summed E-state index contributed by atoms with van der Waals surface area (Å²) >= 11 is 0. The van der Waals surface area contributed by atoms with Crippen molar-refractivity contribution in [2.24, 2.45) is 23.7 Å². The summed E-state index contributed by atoms with van der Waals surface area (Å²) in [6, 6.07) is 8.19. The zero-order valence-electron chi connectivity index (χ0n) is 16.4. The van der Waals surface area contributed by atoms with E-state index in [0.29, 0.717) is 17.8 Å². The number of rotatable bonds is 3. The number of para-hydroxylation sites is 1. The second-order valence-electron chi connectivity index (χ2n) is 8.89. The lowest BCUT2D eigenvalue weighted by Gasteiger charge is -2.40. The average Bonchev–Trinajstić information content (AvgIpc) is 2.90. The lowest BCUT2D eigenvalue weighted by molar-refractivity contribution is -0.195. The first kappa shape index (κ1) is 17.8. The third kappa shape index (κ3) is 3.02. The maximum absolute atomic E-state index is 12.7. The van der Waals surface area contributed by atoms with Crippen molar-refractivity contribution in [2.75, 3.05) is 18.5 Å². The molecule has 3 aliphatic rings. The van der Waals surface area contributed by atoms with Crippen molar-refractivity contribution in [1.82, 2.24) is 0 Å². The van der Waals surface area contributed by atoms with E-state index in [4.69, 9.17) is 9.47 Å². The Morgan fingerprint density at radius 1 is 1.23 bits per heavy atom. The topological polar surface area (TPSA) is 38.8 Å². The fourth-order valence-corrected chi connectivity index (χ4v) is 5.24. The minimum atomic E-state index is -0.417. The van der Waals surface area contributed by atoms with Gasteiger partial charge in [-0.2, -0.15) is 0 Å². The van der Waals surface area contributed by atoms with Crippen LogP contribution < -0.4 is 4.90 Å². The second-order valence-corrected chi connectivity index (χ2v) is 8.89. The third-order valence-electron chi connectivity index (χ3n) is 6.70. The van der Waals surface area contributed by atoms with Gasteiger partial charge in [0.25, 0.3) is 0 Å². The number of hydrogen-bond acceptors (Lipinski definition) is 4. The van der Waals surface area contributed by atoms with Crippen LogP contribution in [0.5, 0.6) is 0 Å². The summed E-state index contributed by atoms with van der Waals surface area (Å²) in [6.45, 7) is 7.67. The number of nitrogens with zero attached hydrogens (tertiary/aromatic N) is 1. The van der Waals surface area contributed by atoms with E-state index in [9.17, 15) is 4.79 Å². The largest absolute Gasteiger partial charge is 0.435 e. The molecule has 1 saturated heterocycles. The Hall–Kier alpha value is -1.55. The van der Waals surface area contributed by atoms with Gasteiger partial charge >= 0.3 is 5.97 Å².